The molecule has 2 aliphatic heterocycles. The van der Waals surface area contributed by atoms with Gasteiger partial charge in [-0.15, -0.1) is 0 Å². The summed E-state index contributed by atoms with van der Waals surface area (Å²) in [5, 5.41) is 3.28. The molecule has 124 valence electrons. The zero-order valence-electron chi connectivity index (χ0n) is 13.7. The second-order valence-corrected chi connectivity index (χ2v) is 6.07. The van der Waals surface area contributed by atoms with Crippen LogP contribution in [-0.2, 0) is 20.7 Å². The summed E-state index contributed by atoms with van der Waals surface area (Å²) in [5.74, 6) is 0.166. The molecule has 6 heteroatoms. The van der Waals surface area contributed by atoms with E-state index in [0.29, 0.717) is 26.3 Å². The summed E-state index contributed by atoms with van der Waals surface area (Å²) in [6, 6.07) is 5.65. The number of fused-ring (bicyclic) bond motifs is 1. The van der Waals surface area contributed by atoms with E-state index in [1.807, 2.05) is 30.0 Å². The van der Waals surface area contributed by atoms with Gasteiger partial charge in [0.05, 0.1) is 13.2 Å². The molecule has 3 rings (SSSR count). The number of carbonyl (C=O) groups is 2. The third kappa shape index (κ3) is 3.32. The summed E-state index contributed by atoms with van der Waals surface area (Å²) in [4.78, 5) is 27.7. The molecule has 23 heavy (non-hydrogen) atoms. The first kappa shape index (κ1) is 15.8. The Bertz CT molecular complexity index is 611. The smallest absolute Gasteiger partial charge is 0.244 e. The Morgan fingerprint density at radius 2 is 1.96 bits per heavy atom. The molecule has 0 unspecified atom stereocenters. The van der Waals surface area contributed by atoms with Crippen LogP contribution in [0, 0.1) is 0 Å². The van der Waals surface area contributed by atoms with Crippen molar-refractivity contribution in [2.45, 2.75) is 26.3 Å². The minimum absolute atomic E-state index is 0.0697. The molecule has 6 nitrogen and oxygen atoms in total. The summed E-state index contributed by atoms with van der Waals surface area (Å²) < 4.78 is 5.28. The molecule has 0 bridgehead atoms. The predicted octanol–water partition coefficient (Wildman–Crippen LogP) is 1.25. The summed E-state index contributed by atoms with van der Waals surface area (Å²) in [6.45, 7) is 6.73. The fourth-order valence-corrected chi connectivity index (χ4v) is 3.19. The first-order valence-corrected chi connectivity index (χ1v) is 8.10. The highest BCUT2D eigenvalue weighted by Crippen LogP contribution is 2.30. The molecule has 2 aliphatic rings. The quantitative estimate of drug-likeness (QED) is 0.911. The Hall–Kier alpha value is -2.08. The third-order valence-electron chi connectivity index (χ3n) is 4.43. The number of carbonyl (C=O) groups excluding carboxylic acids is 2. The molecule has 1 atom stereocenters. The Kier molecular flexibility index (Phi) is 4.52. The van der Waals surface area contributed by atoms with Gasteiger partial charge in [-0.05, 0) is 37.1 Å². The summed E-state index contributed by atoms with van der Waals surface area (Å²) in [6.07, 6.45) is 0.857. The normalized spacial score (nSPS) is 18.5. The molecule has 0 aliphatic carbocycles. The van der Waals surface area contributed by atoms with Crippen molar-refractivity contribution in [2.75, 3.05) is 43.1 Å². The maximum Gasteiger partial charge on any atom is 0.244 e. The van der Waals surface area contributed by atoms with E-state index < -0.39 is 0 Å². The lowest BCUT2D eigenvalue weighted by atomic mass is 10.1. The Morgan fingerprint density at radius 3 is 2.65 bits per heavy atom. The lowest BCUT2D eigenvalue weighted by molar-refractivity contribution is -0.135. The Balaban J connectivity index is 1.66. The van der Waals surface area contributed by atoms with E-state index in [-0.39, 0.29) is 17.9 Å². The minimum atomic E-state index is -0.281. The van der Waals surface area contributed by atoms with E-state index in [9.17, 15) is 9.59 Å². The number of amides is 2. The molecule has 0 saturated carbocycles. The molecule has 2 amide bonds. The number of nitrogens with one attached hydrogen (secondary N) is 1. The average Bonchev–Trinajstić information content (AvgIpc) is 2.98. The van der Waals surface area contributed by atoms with Crippen LogP contribution in [0.2, 0.25) is 0 Å². The number of benzene rings is 1. The number of hydrogen-bond donors (Lipinski definition) is 1. The van der Waals surface area contributed by atoms with Gasteiger partial charge >= 0.3 is 0 Å². The molecule has 1 aromatic carbocycles. The van der Waals surface area contributed by atoms with Crippen LogP contribution in [0.4, 0.5) is 11.4 Å². The van der Waals surface area contributed by atoms with Gasteiger partial charge in [-0.2, -0.15) is 0 Å². The van der Waals surface area contributed by atoms with Gasteiger partial charge in [0.2, 0.25) is 11.8 Å². The zero-order chi connectivity index (χ0) is 16.4. The van der Waals surface area contributed by atoms with Gasteiger partial charge in [0.1, 0.15) is 6.04 Å². The number of rotatable bonds is 3. The number of nitrogens with zero attached hydrogens (tertiary/aromatic N) is 2. The third-order valence-corrected chi connectivity index (χ3v) is 4.43. The van der Waals surface area contributed by atoms with Crippen molar-refractivity contribution >= 4 is 23.2 Å². The Labute approximate surface area is 136 Å². The first-order chi connectivity index (χ1) is 11.1. The monoisotopic (exact) mass is 317 g/mol. The van der Waals surface area contributed by atoms with E-state index in [0.717, 1.165) is 29.9 Å². The molecule has 1 N–H and O–H groups in total. The van der Waals surface area contributed by atoms with Gasteiger partial charge in [0.25, 0.3) is 0 Å². The topological polar surface area (TPSA) is 61.9 Å². The van der Waals surface area contributed by atoms with Crippen LogP contribution in [0.15, 0.2) is 18.2 Å². The van der Waals surface area contributed by atoms with Crippen LogP contribution in [0.1, 0.15) is 19.4 Å². The van der Waals surface area contributed by atoms with Crippen molar-refractivity contribution in [2.24, 2.45) is 0 Å². The van der Waals surface area contributed by atoms with Crippen molar-refractivity contribution in [1.82, 2.24) is 4.90 Å². The SMILES string of the molecule is CC(=O)N1CCc2cc(N[C@@H](C)C(=O)N3CCOCC3)ccc21. The number of morpholine rings is 1. The van der Waals surface area contributed by atoms with Gasteiger partial charge < -0.3 is 19.9 Å². The number of anilines is 2. The molecule has 1 fully saturated rings. The maximum atomic E-state index is 12.4. The summed E-state index contributed by atoms with van der Waals surface area (Å²) in [5.41, 5.74) is 3.05. The van der Waals surface area contributed by atoms with Gasteiger partial charge in [0.15, 0.2) is 0 Å². The van der Waals surface area contributed by atoms with Crippen molar-refractivity contribution in [3.8, 4) is 0 Å². The standard InChI is InChI=1S/C17H23N3O3/c1-12(17(22)19-7-9-23-10-8-19)18-15-3-4-16-14(11-15)5-6-20(16)13(2)21/h3-4,11-12,18H,5-10H2,1-2H3/t12-/m0/s1. The summed E-state index contributed by atoms with van der Waals surface area (Å²) >= 11 is 0. The lowest BCUT2D eigenvalue weighted by Gasteiger charge is -2.29. The molecule has 0 radical (unpaired) electrons. The Morgan fingerprint density at radius 1 is 1.22 bits per heavy atom. The lowest BCUT2D eigenvalue weighted by Crippen LogP contribution is -2.47. The van der Waals surface area contributed by atoms with Crippen LogP contribution in [0.3, 0.4) is 0 Å². The fraction of sp³-hybridized carbons (Fsp3) is 0.529. The van der Waals surface area contributed by atoms with Gasteiger partial charge in [-0.3, -0.25) is 9.59 Å². The second-order valence-electron chi connectivity index (χ2n) is 6.07. The number of ether oxygens (including phenoxy) is 1. The van der Waals surface area contributed by atoms with E-state index in [1.165, 1.54) is 0 Å². The van der Waals surface area contributed by atoms with E-state index in [2.05, 4.69) is 5.32 Å². The van der Waals surface area contributed by atoms with E-state index in [4.69, 9.17) is 4.74 Å². The first-order valence-electron chi connectivity index (χ1n) is 8.10. The molecule has 1 saturated heterocycles. The minimum Gasteiger partial charge on any atom is -0.378 e. The van der Waals surface area contributed by atoms with Crippen LogP contribution < -0.4 is 10.2 Å². The van der Waals surface area contributed by atoms with Gasteiger partial charge in [0, 0.05) is 37.9 Å². The predicted molar refractivity (Wildman–Crippen MR) is 88.7 cm³/mol. The van der Waals surface area contributed by atoms with Gasteiger partial charge in [-0.1, -0.05) is 0 Å². The highest BCUT2D eigenvalue weighted by molar-refractivity contribution is 5.94. The van der Waals surface area contributed by atoms with Gasteiger partial charge in [-0.25, -0.2) is 0 Å². The highest BCUT2D eigenvalue weighted by Gasteiger charge is 2.24. The second kappa shape index (κ2) is 6.58. The van der Waals surface area contributed by atoms with Crippen molar-refractivity contribution in [3.63, 3.8) is 0 Å². The molecule has 0 spiro atoms. The van der Waals surface area contributed by atoms with Crippen LogP contribution >= 0.6 is 0 Å². The molecular formula is C17H23N3O3. The number of hydrogen-bond acceptors (Lipinski definition) is 4. The average molecular weight is 317 g/mol. The maximum absolute atomic E-state index is 12.4. The summed E-state index contributed by atoms with van der Waals surface area (Å²) in [7, 11) is 0. The molecular weight excluding hydrogens is 294 g/mol. The van der Waals surface area contributed by atoms with E-state index in [1.54, 1.807) is 11.8 Å². The largest absolute Gasteiger partial charge is 0.378 e. The zero-order valence-corrected chi connectivity index (χ0v) is 13.7. The van der Waals surface area contributed by atoms with Crippen molar-refractivity contribution in [1.29, 1.82) is 0 Å². The molecule has 0 aromatic heterocycles. The van der Waals surface area contributed by atoms with Crippen LogP contribution in [-0.4, -0.2) is 55.6 Å². The van der Waals surface area contributed by atoms with E-state index >= 15 is 0 Å². The van der Waals surface area contributed by atoms with Crippen molar-refractivity contribution in [3.05, 3.63) is 23.8 Å². The van der Waals surface area contributed by atoms with Crippen molar-refractivity contribution < 1.29 is 14.3 Å². The highest BCUT2D eigenvalue weighted by atomic mass is 16.5. The fourth-order valence-electron chi connectivity index (χ4n) is 3.19. The molecule has 1 aromatic rings. The van der Waals surface area contributed by atoms with Crippen LogP contribution in [0.5, 0.6) is 0 Å². The van der Waals surface area contributed by atoms with Crippen LogP contribution in [0.25, 0.3) is 0 Å². The molecule has 2 heterocycles.